The van der Waals surface area contributed by atoms with Crippen LogP contribution in [-0.2, 0) is 19.6 Å². The fourth-order valence-electron chi connectivity index (χ4n) is 2.21. The summed E-state index contributed by atoms with van der Waals surface area (Å²) in [5.74, 6) is 1.01. The molecule has 0 spiro atoms. The molecule has 0 amide bonds. The molecule has 0 unspecified atom stereocenters. The minimum atomic E-state index is 0.563. The van der Waals surface area contributed by atoms with Gasteiger partial charge in [-0.2, -0.15) is 0 Å². The average Bonchev–Trinajstić information content (AvgIpc) is 2.85. The van der Waals surface area contributed by atoms with Crippen LogP contribution in [0.1, 0.15) is 11.4 Å². The predicted molar refractivity (Wildman–Crippen MR) is 73.1 cm³/mol. The third kappa shape index (κ3) is 2.02. The molecule has 0 fully saturated rings. The summed E-state index contributed by atoms with van der Waals surface area (Å²) in [5.41, 5.74) is 7.95. The summed E-state index contributed by atoms with van der Waals surface area (Å²) in [6.07, 6.45) is 1.79. The van der Waals surface area contributed by atoms with E-state index in [1.54, 1.807) is 6.33 Å². The van der Waals surface area contributed by atoms with Crippen molar-refractivity contribution in [3.63, 3.8) is 0 Å². The first-order valence-electron chi connectivity index (χ1n) is 5.88. The van der Waals surface area contributed by atoms with Crippen LogP contribution in [0, 0.1) is 0 Å². The summed E-state index contributed by atoms with van der Waals surface area (Å²) in [5, 5.41) is 8.07. The molecule has 0 saturated carbocycles. The number of benzene rings is 1. The zero-order valence-electron chi connectivity index (χ0n) is 9.88. The summed E-state index contributed by atoms with van der Waals surface area (Å²) in [6.45, 7) is 3.24. The lowest BCUT2D eigenvalue weighted by molar-refractivity contribution is 0.559. The van der Waals surface area contributed by atoms with Gasteiger partial charge in [-0.1, -0.05) is 6.07 Å². The highest BCUT2D eigenvalue weighted by molar-refractivity contribution is 9.10. The van der Waals surface area contributed by atoms with Gasteiger partial charge >= 0.3 is 0 Å². The number of halogens is 1. The first-order valence-corrected chi connectivity index (χ1v) is 6.67. The highest BCUT2D eigenvalue weighted by Gasteiger charge is 2.19. The van der Waals surface area contributed by atoms with Gasteiger partial charge in [-0.15, -0.1) is 10.2 Å². The maximum atomic E-state index is 5.64. The van der Waals surface area contributed by atoms with Crippen LogP contribution in [0.3, 0.4) is 0 Å². The van der Waals surface area contributed by atoms with Crippen LogP contribution >= 0.6 is 15.9 Å². The monoisotopic (exact) mass is 307 g/mol. The Balaban J connectivity index is 1.88. The van der Waals surface area contributed by atoms with Crippen molar-refractivity contribution >= 4 is 21.6 Å². The van der Waals surface area contributed by atoms with E-state index in [0.29, 0.717) is 6.54 Å². The predicted octanol–water partition coefficient (Wildman–Crippen LogP) is 1.52. The van der Waals surface area contributed by atoms with E-state index in [-0.39, 0.29) is 0 Å². The Bertz CT molecular complexity index is 565. The topological polar surface area (TPSA) is 60.0 Å². The summed E-state index contributed by atoms with van der Waals surface area (Å²) >= 11 is 3.61. The van der Waals surface area contributed by atoms with Crippen LogP contribution in [0.2, 0.25) is 0 Å². The Morgan fingerprint density at radius 1 is 1.33 bits per heavy atom. The molecule has 6 heteroatoms. The Morgan fingerprint density at radius 3 is 3.00 bits per heavy atom. The summed E-state index contributed by atoms with van der Waals surface area (Å²) in [4.78, 5) is 2.30. The summed E-state index contributed by atoms with van der Waals surface area (Å²) < 4.78 is 3.18. The molecule has 1 aromatic carbocycles. The second kappa shape index (κ2) is 4.70. The molecular formula is C12H14BrN5. The lowest BCUT2D eigenvalue weighted by atomic mass is 10.2. The number of anilines is 1. The average molecular weight is 308 g/mol. The van der Waals surface area contributed by atoms with Gasteiger partial charge in [0.1, 0.15) is 6.33 Å². The number of nitrogens with zero attached hydrogens (tertiary/aromatic N) is 4. The zero-order valence-corrected chi connectivity index (χ0v) is 11.5. The lowest BCUT2D eigenvalue weighted by Crippen LogP contribution is -2.33. The van der Waals surface area contributed by atoms with E-state index in [4.69, 9.17) is 5.73 Å². The van der Waals surface area contributed by atoms with Gasteiger partial charge in [-0.25, -0.2) is 0 Å². The summed E-state index contributed by atoms with van der Waals surface area (Å²) in [6, 6.07) is 6.26. The highest BCUT2D eigenvalue weighted by Crippen LogP contribution is 2.29. The first-order chi connectivity index (χ1) is 8.78. The van der Waals surface area contributed by atoms with Gasteiger partial charge in [-0.3, -0.25) is 0 Å². The Kier molecular flexibility index (Phi) is 3.05. The van der Waals surface area contributed by atoms with Crippen LogP contribution < -0.4 is 10.6 Å². The second-order valence-electron chi connectivity index (χ2n) is 4.35. The van der Waals surface area contributed by atoms with Crippen LogP contribution in [0.15, 0.2) is 29.0 Å². The molecule has 1 aromatic heterocycles. The number of hydrogen-bond donors (Lipinski definition) is 1. The standard InChI is InChI=1S/C12H14BrN5/c13-10-5-9(6-14)1-2-11(10)17-3-4-18-8-15-16-12(18)7-17/h1-2,5,8H,3-4,6-7,14H2. The normalized spacial score (nSPS) is 14.7. The Hall–Kier alpha value is -1.40. The maximum Gasteiger partial charge on any atom is 0.152 e. The van der Waals surface area contributed by atoms with Gasteiger partial charge in [-0.05, 0) is 33.6 Å². The van der Waals surface area contributed by atoms with Crippen molar-refractivity contribution in [3.05, 3.63) is 40.4 Å². The lowest BCUT2D eigenvalue weighted by Gasteiger charge is -2.30. The third-order valence-corrected chi connectivity index (χ3v) is 3.86. The summed E-state index contributed by atoms with van der Waals surface area (Å²) in [7, 11) is 0. The molecule has 94 valence electrons. The molecule has 2 heterocycles. The van der Waals surface area contributed by atoms with Crippen LogP contribution in [-0.4, -0.2) is 21.3 Å². The van der Waals surface area contributed by atoms with Gasteiger partial charge in [0.2, 0.25) is 0 Å². The van der Waals surface area contributed by atoms with Crippen molar-refractivity contribution in [1.82, 2.24) is 14.8 Å². The van der Waals surface area contributed by atoms with Crippen molar-refractivity contribution in [2.45, 2.75) is 19.6 Å². The third-order valence-electron chi connectivity index (χ3n) is 3.23. The van der Waals surface area contributed by atoms with Gasteiger partial charge < -0.3 is 15.2 Å². The van der Waals surface area contributed by atoms with Crippen LogP contribution in [0.5, 0.6) is 0 Å². The number of aromatic nitrogens is 3. The van der Waals surface area contributed by atoms with Gasteiger partial charge in [0.15, 0.2) is 5.82 Å². The van der Waals surface area contributed by atoms with Gasteiger partial charge in [0.05, 0.1) is 12.2 Å². The quantitative estimate of drug-likeness (QED) is 0.914. The largest absolute Gasteiger partial charge is 0.361 e. The molecular weight excluding hydrogens is 294 g/mol. The molecule has 5 nitrogen and oxygen atoms in total. The number of hydrogen-bond acceptors (Lipinski definition) is 4. The van der Waals surface area contributed by atoms with Crippen molar-refractivity contribution in [3.8, 4) is 0 Å². The Labute approximate surface area is 114 Å². The van der Waals surface area contributed by atoms with Crippen molar-refractivity contribution in [1.29, 1.82) is 0 Å². The van der Waals surface area contributed by atoms with E-state index in [0.717, 1.165) is 35.5 Å². The number of rotatable bonds is 2. The van der Waals surface area contributed by atoms with Gasteiger partial charge in [0, 0.05) is 24.1 Å². The zero-order chi connectivity index (χ0) is 12.5. The highest BCUT2D eigenvalue weighted by atomic mass is 79.9. The van der Waals surface area contributed by atoms with Crippen LogP contribution in [0.4, 0.5) is 5.69 Å². The SMILES string of the molecule is NCc1ccc(N2CCn3cnnc3C2)c(Br)c1. The molecule has 0 bridgehead atoms. The molecule has 0 saturated heterocycles. The van der Waals surface area contributed by atoms with Crippen molar-refractivity contribution in [2.75, 3.05) is 11.4 Å². The molecule has 2 N–H and O–H groups in total. The molecule has 18 heavy (non-hydrogen) atoms. The molecule has 1 aliphatic heterocycles. The van der Waals surface area contributed by atoms with E-state index in [1.807, 2.05) is 0 Å². The first kappa shape index (κ1) is 11.7. The Morgan fingerprint density at radius 2 is 2.22 bits per heavy atom. The molecule has 0 aliphatic carbocycles. The van der Waals surface area contributed by atoms with E-state index in [1.165, 1.54) is 5.69 Å². The molecule has 0 atom stereocenters. The second-order valence-corrected chi connectivity index (χ2v) is 5.21. The molecule has 0 radical (unpaired) electrons. The number of nitrogens with two attached hydrogens (primary N) is 1. The fraction of sp³-hybridized carbons (Fsp3) is 0.333. The van der Waals surface area contributed by atoms with E-state index in [2.05, 4.69) is 53.8 Å². The van der Waals surface area contributed by atoms with Gasteiger partial charge in [0.25, 0.3) is 0 Å². The van der Waals surface area contributed by atoms with Crippen molar-refractivity contribution < 1.29 is 0 Å². The molecule has 3 rings (SSSR count). The van der Waals surface area contributed by atoms with E-state index < -0.39 is 0 Å². The van der Waals surface area contributed by atoms with E-state index in [9.17, 15) is 0 Å². The van der Waals surface area contributed by atoms with Crippen molar-refractivity contribution in [2.24, 2.45) is 5.73 Å². The van der Waals surface area contributed by atoms with E-state index >= 15 is 0 Å². The molecule has 1 aliphatic rings. The minimum absolute atomic E-state index is 0.563. The molecule has 2 aromatic rings. The maximum absolute atomic E-state index is 5.64. The smallest absolute Gasteiger partial charge is 0.152 e. The minimum Gasteiger partial charge on any atom is -0.361 e. The van der Waals surface area contributed by atoms with Crippen LogP contribution in [0.25, 0.3) is 0 Å². The number of fused-ring (bicyclic) bond motifs is 1. The fourth-order valence-corrected chi connectivity index (χ4v) is 2.88.